The van der Waals surface area contributed by atoms with Gasteiger partial charge in [0.25, 0.3) is 0 Å². The molecule has 0 saturated heterocycles. The Bertz CT molecular complexity index is 543. The van der Waals surface area contributed by atoms with Gasteiger partial charge >= 0.3 is 0 Å². The van der Waals surface area contributed by atoms with Crippen LogP contribution in [0.1, 0.15) is 0 Å². The van der Waals surface area contributed by atoms with E-state index in [2.05, 4.69) is 5.32 Å². The lowest BCUT2D eigenvalue weighted by molar-refractivity contribution is 0.395. The highest BCUT2D eigenvalue weighted by Crippen LogP contribution is 2.33. The van der Waals surface area contributed by atoms with Gasteiger partial charge in [-0.25, -0.2) is 0 Å². The highest BCUT2D eigenvalue weighted by atomic mass is 35.5. The van der Waals surface area contributed by atoms with Gasteiger partial charge in [0, 0.05) is 6.07 Å². The Morgan fingerprint density at radius 1 is 0.944 bits per heavy atom. The van der Waals surface area contributed by atoms with E-state index in [1.54, 1.807) is 14.2 Å². The Morgan fingerprint density at radius 3 is 2.39 bits per heavy atom. The van der Waals surface area contributed by atoms with Crippen LogP contribution in [-0.2, 0) is 0 Å². The summed E-state index contributed by atoms with van der Waals surface area (Å²) < 4.78 is 10.5. The lowest BCUT2D eigenvalue weighted by atomic mass is 10.2. The summed E-state index contributed by atoms with van der Waals surface area (Å²) in [6, 6.07) is 13.1. The number of hydrogen-bond acceptors (Lipinski definition) is 3. The van der Waals surface area contributed by atoms with Crippen molar-refractivity contribution in [2.24, 2.45) is 0 Å². The second-order valence-electron chi connectivity index (χ2n) is 3.67. The third-order valence-electron chi connectivity index (χ3n) is 2.55. The Labute approximate surface area is 111 Å². The number of methoxy groups -OCH3 is 2. The molecule has 0 unspecified atom stereocenters. The Kier molecular flexibility index (Phi) is 3.95. The number of rotatable bonds is 4. The van der Waals surface area contributed by atoms with Gasteiger partial charge in [0.05, 0.1) is 30.6 Å². The smallest absolute Gasteiger partial charge is 0.145 e. The maximum absolute atomic E-state index is 6.10. The monoisotopic (exact) mass is 263 g/mol. The van der Waals surface area contributed by atoms with Crippen LogP contribution < -0.4 is 14.8 Å². The van der Waals surface area contributed by atoms with Gasteiger partial charge in [-0.3, -0.25) is 0 Å². The molecular formula is C14H14ClNO2. The first-order valence-electron chi connectivity index (χ1n) is 5.48. The van der Waals surface area contributed by atoms with Crippen molar-refractivity contribution in [1.82, 2.24) is 0 Å². The van der Waals surface area contributed by atoms with E-state index in [4.69, 9.17) is 21.1 Å². The van der Waals surface area contributed by atoms with E-state index in [1.807, 2.05) is 42.5 Å². The molecule has 1 N–H and O–H groups in total. The van der Waals surface area contributed by atoms with Crippen LogP contribution in [0.5, 0.6) is 11.5 Å². The zero-order valence-corrected chi connectivity index (χ0v) is 11.0. The van der Waals surface area contributed by atoms with Crippen molar-refractivity contribution in [2.45, 2.75) is 0 Å². The number of halogens is 1. The maximum Gasteiger partial charge on any atom is 0.145 e. The number of nitrogens with one attached hydrogen (secondary N) is 1. The minimum absolute atomic E-state index is 0.662. The van der Waals surface area contributed by atoms with Crippen molar-refractivity contribution in [3.8, 4) is 11.5 Å². The van der Waals surface area contributed by atoms with Gasteiger partial charge in [0.2, 0.25) is 0 Å². The minimum Gasteiger partial charge on any atom is -0.497 e. The van der Waals surface area contributed by atoms with Gasteiger partial charge in [-0.05, 0) is 24.3 Å². The van der Waals surface area contributed by atoms with Crippen LogP contribution >= 0.6 is 11.6 Å². The van der Waals surface area contributed by atoms with Crippen molar-refractivity contribution < 1.29 is 9.47 Å². The number of para-hydroxylation sites is 1. The van der Waals surface area contributed by atoms with E-state index in [0.717, 1.165) is 17.1 Å². The third kappa shape index (κ3) is 2.68. The molecule has 0 aliphatic rings. The van der Waals surface area contributed by atoms with Crippen LogP contribution in [-0.4, -0.2) is 14.2 Å². The highest BCUT2D eigenvalue weighted by Gasteiger charge is 2.06. The predicted octanol–water partition coefficient (Wildman–Crippen LogP) is 4.10. The van der Waals surface area contributed by atoms with Gasteiger partial charge in [0.1, 0.15) is 11.5 Å². The van der Waals surface area contributed by atoms with Crippen molar-refractivity contribution in [2.75, 3.05) is 19.5 Å². The van der Waals surface area contributed by atoms with Gasteiger partial charge in [-0.1, -0.05) is 23.7 Å². The first-order valence-corrected chi connectivity index (χ1v) is 5.86. The summed E-state index contributed by atoms with van der Waals surface area (Å²) in [6.07, 6.45) is 0. The average molecular weight is 264 g/mol. The molecule has 18 heavy (non-hydrogen) atoms. The molecule has 0 saturated carbocycles. The molecule has 0 fully saturated rings. The van der Waals surface area contributed by atoms with Crippen LogP contribution in [0.2, 0.25) is 5.02 Å². The summed E-state index contributed by atoms with van der Waals surface area (Å²) in [5.74, 6) is 1.45. The van der Waals surface area contributed by atoms with Gasteiger partial charge < -0.3 is 14.8 Å². The molecule has 2 rings (SSSR count). The fourth-order valence-corrected chi connectivity index (χ4v) is 1.79. The van der Waals surface area contributed by atoms with E-state index in [-0.39, 0.29) is 0 Å². The number of ether oxygens (including phenoxy) is 2. The second-order valence-corrected chi connectivity index (χ2v) is 4.08. The molecular weight excluding hydrogens is 250 g/mol. The van der Waals surface area contributed by atoms with Crippen LogP contribution in [0.25, 0.3) is 0 Å². The molecule has 4 heteroatoms. The lowest BCUT2D eigenvalue weighted by Crippen LogP contribution is -1.96. The van der Waals surface area contributed by atoms with Crippen LogP contribution in [0.4, 0.5) is 11.4 Å². The predicted molar refractivity (Wildman–Crippen MR) is 74.3 cm³/mol. The quantitative estimate of drug-likeness (QED) is 0.901. The van der Waals surface area contributed by atoms with E-state index >= 15 is 0 Å². The molecule has 0 aliphatic carbocycles. The topological polar surface area (TPSA) is 30.5 Å². The summed E-state index contributed by atoms with van der Waals surface area (Å²) >= 11 is 6.10. The molecule has 3 nitrogen and oxygen atoms in total. The molecule has 0 aliphatic heterocycles. The zero-order chi connectivity index (χ0) is 13.0. The largest absolute Gasteiger partial charge is 0.497 e. The van der Waals surface area contributed by atoms with Gasteiger partial charge in [-0.15, -0.1) is 0 Å². The van der Waals surface area contributed by atoms with E-state index in [0.29, 0.717) is 10.8 Å². The normalized spacial score (nSPS) is 9.94. The van der Waals surface area contributed by atoms with Crippen LogP contribution in [0.3, 0.4) is 0 Å². The van der Waals surface area contributed by atoms with Gasteiger partial charge in [-0.2, -0.15) is 0 Å². The summed E-state index contributed by atoms with van der Waals surface area (Å²) in [4.78, 5) is 0. The summed E-state index contributed by atoms with van der Waals surface area (Å²) in [5.41, 5.74) is 1.68. The SMILES string of the molecule is COc1ccc(Nc2ccccc2Cl)c(OC)c1. The minimum atomic E-state index is 0.662. The Balaban J connectivity index is 2.32. The highest BCUT2D eigenvalue weighted by molar-refractivity contribution is 6.33. The molecule has 0 heterocycles. The molecule has 0 radical (unpaired) electrons. The van der Waals surface area contributed by atoms with Crippen molar-refractivity contribution >= 4 is 23.0 Å². The van der Waals surface area contributed by atoms with Crippen molar-refractivity contribution in [3.05, 3.63) is 47.5 Å². The average Bonchev–Trinajstić information content (AvgIpc) is 2.41. The Hall–Kier alpha value is -1.87. The summed E-state index contributed by atoms with van der Waals surface area (Å²) in [7, 11) is 3.24. The fourth-order valence-electron chi connectivity index (χ4n) is 1.61. The molecule has 2 aromatic carbocycles. The van der Waals surface area contributed by atoms with Crippen molar-refractivity contribution in [3.63, 3.8) is 0 Å². The number of hydrogen-bond donors (Lipinski definition) is 1. The molecule has 2 aromatic rings. The maximum atomic E-state index is 6.10. The summed E-state index contributed by atoms with van der Waals surface area (Å²) in [5, 5.41) is 3.89. The lowest BCUT2D eigenvalue weighted by Gasteiger charge is -2.13. The Morgan fingerprint density at radius 2 is 1.72 bits per heavy atom. The molecule has 94 valence electrons. The third-order valence-corrected chi connectivity index (χ3v) is 2.88. The first-order chi connectivity index (χ1) is 8.74. The second kappa shape index (κ2) is 5.65. The van der Waals surface area contributed by atoms with E-state index in [1.165, 1.54) is 0 Å². The standard InChI is InChI=1S/C14H14ClNO2/c1-17-10-7-8-13(14(9-10)18-2)16-12-6-4-3-5-11(12)15/h3-9,16H,1-2H3. The molecule has 0 bridgehead atoms. The van der Waals surface area contributed by atoms with Gasteiger partial charge in [0.15, 0.2) is 0 Å². The number of benzene rings is 2. The van der Waals surface area contributed by atoms with E-state index < -0.39 is 0 Å². The van der Waals surface area contributed by atoms with E-state index in [9.17, 15) is 0 Å². The summed E-state index contributed by atoms with van der Waals surface area (Å²) in [6.45, 7) is 0. The van der Waals surface area contributed by atoms with Crippen LogP contribution in [0.15, 0.2) is 42.5 Å². The van der Waals surface area contributed by atoms with Crippen LogP contribution in [0, 0.1) is 0 Å². The molecule has 0 aromatic heterocycles. The number of anilines is 2. The molecule has 0 spiro atoms. The fraction of sp³-hybridized carbons (Fsp3) is 0.143. The first kappa shape index (κ1) is 12.6. The molecule has 0 atom stereocenters. The zero-order valence-electron chi connectivity index (χ0n) is 10.2. The molecule has 0 amide bonds. The van der Waals surface area contributed by atoms with Crippen molar-refractivity contribution in [1.29, 1.82) is 0 Å².